The molecule has 1 heterocycles. The van der Waals surface area contributed by atoms with Gasteiger partial charge in [0.05, 0.1) is 6.20 Å². The summed E-state index contributed by atoms with van der Waals surface area (Å²) in [6.45, 7) is 6.02. The predicted octanol–water partition coefficient (Wildman–Crippen LogP) is 2.60. The quantitative estimate of drug-likeness (QED) is 0.766. The summed E-state index contributed by atoms with van der Waals surface area (Å²) >= 11 is 0. The molecule has 2 aromatic rings. The summed E-state index contributed by atoms with van der Waals surface area (Å²) in [5, 5.41) is 14.5. The number of aromatic nitrogens is 3. The molecule has 2 N–H and O–H groups in total. The van der Waals surface area contributed by atoms with Gasteiger partial charge in [0.25, 0.3) is 0 Å². The first-order valence-electron chi connectivity index (χ1n) is 7.47. The van der Waals surface area contributed by atoms with Crippen molar-refractivity contribution >= 4 is 17.5 Å². The van der Waals surface area contributed by atoms with Crippen LogP contribution in [0.2, 0.25) is 0 Å². The largest absolute Gasteiger partial charge is 0.369 e. The molecule has 0 spiro atoms. The maximum Gasteiger partial charge on any atom is 0.249 e. The Balaban J connectivity index is 1.97. The molecule has 0 aliphatic heterocycles. The van der Waals surface area contributed by atoms with E-state index in [4.69, 9.17) is 0 Å². The summed E-state index contributed by atoms with van der Waals surface area (Å²) in [6, 6.07) is 6.24. The number of anilines is 3. The molecule has 1 aromatic heterocycles. The molecule has 0 aliphatic carbocycles. The van der Waals surface area contributed by atoms with E-state index in [0.717, 1.165) is 36.6 Å². The van der Waals surface area contributed by atoms with Crippen LogP contribution < -0.4 is 10.6 Å². The number of nitrogens with one attached hydrogen (secondary N) is 2. The smallest absolute Gasteiger partial charge is 0.249 e. The standard InChI is InChI=1S/C16H24N6/c1-12-6-7-13(2)14(10-12)19-16-20-15(11-18-21-16)17-8-5-9-22(3)4/h6-7,10-11H,5,8-9H2,1-4H3,(H2,17,19,20,21). The Morgan fingerprint density at radius 1 is 1.18 bits per heavy atom. The van der Waals surface area contributed by atoms with Crippen molar-refractivity contribution < 1.29 is 0 Å². The molecule has 22 heavy (non-hydrogen) atoms. The average Bonchev–Trinajstić information content (AvgIpc) is 2.48. The van der Waals surface area contributed by atoms with Gasteiger partial charge in [-0.05, 0) is 58.1 Å². The summed E-state index contributed by atoms with van der Waals surface area (Å²) in [6.07, 6.45) is 2.70. The van der Waals surface area contributed by atoms with E-state index >= 15 is 0 Å². The molecule has 0 amide bonds. The molecule has 0 radical (unpaired) electrons. The molecule has 0 atom stereocenters. The van der Waals surface area contributed by atoms with Crippen molar-refractivity contribution in [1.82, 2.24) is 20.1 Å². The lowest BCUT2D eigenvalue weighted by Crippen LogP contribution is -2.17. The molecule has 118 valence electrons. The van der Waals surface area contributed by atoms with Crippen molar-refractivity contribution in [3.05, 3.63) is 35.5 Å². The van der Waals surface area contributed by atoms with Crippen molar-refractivity contribution in [3.63, 3.8) is 0 Å². The molecule has 0 unspecified atom stereocenters. The van der Waals surface area contributed by atoms with Crippen LogP contribution in [0.15, 0.2) is 24.4 Å². The fourth-order valence-electron chi connectivity index (χ4n) is 2.04. The highest BCUT2D eigenvalue weighted by molar-refractivity contribution is 5.59. The Bertz CT molecular complexity index is 611. The molecule has 1 aromatic carbocycles. The number of nitrogens with zero attached hydrogens (tertiary/aromatic N) is 4. The second-order valence-corrected chi connectivity index (χ2v) is 5.69. The Hall–Kier alpha value is -2.21. The summed E-state index contributed by atoms with van der Waals surface area (Å²) in [4.78, 5) is 6.61. The van der Waals surface area contributed by atoms with Crippen molar-refractivity contribution in [2.45, 2.75) is 20.3 Å². The number of rotatable bonds is 7. The highest BCUT2D eigenvalue weighted by Crippen LogP contribution is 2.19. The normalized spacial score (nSPS) is 10.8. The molecule has 6 nitrogen and oxygen atoms in total. The van der Waals surface area contributed by atoms with Gasteiger partial charge in [0.1, 0.15) is 0 Å². The van der Waals surface area contributed by atoms with Crippen LogP contribution in [0.1, 0.15) is 17.5 Å². The van der Waals surface area contributed by atoms with Crippen LogP contribution in [0.3, 0.4) is 0 Å². The summed E-state index contributed by atoms with van der Waals surface area (Å²) in [5.41, 5.74) is 3.35. The topological polar surface area (TPSA) is 66.0 Å². The molecule has 0 saturated heterocycles. The zero-order chi connectivity index (χ0) is 15.9. The van der Waals surface area contributed by atoms with Crippen molar-refractivity contribution in [1.29, 1.82) is 0 Å². The first kappa shape index (κ1) is 16.2. The highest BCUT2D eigenvalue weighted by atomic mass is 15.3. The van der Waals surface area contributed by atoms with E-state index in [0.29, 0.717) is 5.95 Å². The van der Waals surface area contributed by atoms with Gasteiger partial charge < -0.3 is 15.5 Å². The first-order chi connectivity index (χ1) is 10.5. The molecular weight excluding hydrogens is 276 g/mol. The molecule has 2 rings (SSSR count). The van der Waals surface area contributed by atoms with Gasteiger partial charge in [-0.15, -0.1) is 5.10 Å². The zero-order valence-electron chi connectivity index (χ0n) is 13.7. The fraction of sp³-hybridized carbons (Fsp3) is 0.438. The van der Waals surface area contributed by atoms with Crippen molar-refractivity contribution in [2.24, 2.45) is 0 Å². The van der Waals surface area contributed by atoms with Crippen LogP contribution in [0, 0.1) is 13.8 Å². The van der Waals surface area contributed by atoms with Crippen LogP contribution in [0.4, 0.5) is 17.5 Å². The number of aryl methyl sites for hydroxylation is 2. The maximum absolute atomic E-state index is 4.45. The van der Waals surface area contributed by atoms with Crippen molar-refractivity contribution in [2.75, 3.05) is 37.8 Å². The number of hydrogen-bond acceptors (Lipinski definition) is 6. The summed E-state index contributed by atoms with van der Waals surface area (Å²) in [5.74, 6) is 1.24. The van der Waals surface area contributed by atoms with Gasteiger partial charge in [0, 0.05) is 12.2 Å². The highest BCUT2D eigenvalue weighted by Gasteiger charge is 2.04. The summed E-state index contributed by atoms with van der Waals surface area (Å²) in [7, 11) is 4.14. The second kappa shape index (κ2) is 7.70. The Morgan fingerprint density at radius 2 is 2.00 bits per heavy atom. The Morgan fingerprint density at radius 3 is 2.77 bits per heavy atom. The minimum absolute atomic E-state index is 0.506. The minimum Gasteiger partial charge on any atom is -0.369 e. The van der Waals surface area contributed by atoms with E-state index in [1.807, 2.05) is 0 Å². The van der Waals surface area contributed by atoms with E-state index < -0.39 is 0 Å². The lowest BCUT2D eigenvalue weighted by Gasteiger charge is -2.11. The SMILES string of the molecule is Cc1ccc(C)c(Nc2nncc(NCCCN(C)C)n2)c1. The van der Waals surface area contributed by atoms with Crippen molar-refractivity contribution in [3.8, 4) is 0 Å². The molecule has 6 heteroatoms. The van der Waals surface area contributed by atoms with E-state index in [1.165, 1.54) is 5.56 Å². The third-order valence-electron chi connectivity index (χ3n) is 3.29. The van der Waals surface area contributed by atoms with Gasteiger partial charge in [-0.2, -0.15) is 10.1 Å². The van der Waals surface area contributed by atoms with Gasteiger partial charge in [-0.1, -0.05) is 12.1 Å². The lowest BCUT2D eigenvalue weighted by molar-refractivity contribution is 0.405. The first-order valence-corrected chi connectivity index (χ1v) is 7.47. The second-order valence-electron chi connectivity index (χ2n) is 5.69. The molecule has 0 bridgehead atoms. The van der Waals surface area contributed by atoms with Crippen LogP contribution >= 0.6 is 0 Å². The monoisotopic (exact) mass is 300 g/mol. The molecular formula is C16H24N6. The molecule has 0 aliphatic rings. The van der Waals surface area contributed by atoms with E-state index in [-0.39, 0.29) is 0 Å². The minimum atomic E-state index is 0.506. The lowest BCUT2D eigenvalue weighted by atomic mass is 10.1. The van der Waals surface area contributed by atoms with E-state index in [9.17, 15) is 0 Å². The van der Waals surface area contributed by atoms with Gasteiger partial charge in [0.2, 0.25) is 5.95 Å². The molecule has 0 saturated carbocycles. The van der Waals surface area contributed by atoms with Gasteiger partial charge in [-0.25, -0.2) is 0 Å². The summed E-state index contributed by atoms with van der Waals surface area (Å²) < 4.78 is 0. The van der Waals surface area contributed by atoms with Crippen LogP contribution in [-0.4, -0.2) is 47.3 Å². The fourth-order valence-corrected chi connectivity index (χ4v) is 2.04. The van der Waals surface area contributed by atoms with Gasteiger partial charge in [0.15, 0.2) is 5.82 Å². The van der Waals surface area contributed by atoms with E-state index in [1.54, 1.807) is 6.20 Å². The zero-order valence-corrected chi connectivity index (χ0v) is 13.7. The molecule has 0 fully saturated rings. The van der Waals surface area contributed by atoms with Crippen LogP contribution in [-0.2, 0) is 0 Å². The third-order valence-corrected chi connectivity index (χ3v) is 3.29. The Labute approximate surface area is 132 Å². The van der Waals surface area contributed by atoms with Gasteiger partial charge >= 0.3 is 0 Å². The number of hydrogen-bond donors (Lipinski definition) is 2. The predicted molar refractivity (Wildman–Crippen MR) is 90.7 cm³/mol. The number of benzene rings is 1. The van der Waals surface area contributed by atoms with Gasteiger partial charge in [-0.3, -0.25) is 0 Å². The third kappa shape index (κ3) is 4.96. The average molecular weight is 300 g/mol. The Kier molecular flexibility index (Phi) is 5.66. The van der Waals surface area contributed by atoms with Crippen LogP contribution in [0.5, 0.6) is 0 Å². The van der Waals surface area contributed by atoms with E-state index in [2.05, 4.69) is 76.9 Å². The van der Waals surface area contributed by atoms with Crippen LogP contribution in [0.25, 0.3) is 0 Å². The maximum atomic E-state index is 4.45.